The van der Waals surface area contributed by atoms with Crippen LogP contribution >= 0.6 is 34.5 Å². The molecule has 0 bridgehead atoms. The summed E-state index contributed by atoms with van der Waals surface area (Å²) in [6.45, 7) is 1.17. The molecule has 7 heteroatoms. The van der Waals surface area contributed by atoms with E-state index in [2.05, 4.69) is 4.98 Å². The molecule has 0 aliphatic carbocycles. The number of benzene rings is 2. The predicted molar refractivity (Wildman–Crippen MR) is 107 cm³/mol. The van der Waals surface area contributed by atoms with Crippen LogP contribution in [0.4, 0.5) is 5.13 Å². The average molecular weight is 407 g/mol. The number of fused-ring (bicyclic) bond motifs is 1. The molecule has 1 aliphatic rings. The fraction of sp³-hybridized carbons (Fsp3) is 0.263. The SMILES string of the molecule is O=C(c1cc(Cl)ccc1Cl)N(CC1CCCO1)c1nc2ccccc2s1. The first-order chi connectivity index (χ1) is 12.6. The number of amides is 1. The van der Waals surface area contributed by atoms with Crippen molar-refractivity contribution in [3.63, 3.8) is 0 Å². The average Bonchev–Trinajstić information content (AvgIpc) is 3.30. The van der Waals surface area contributed by atoms with E-state index in [4.69, 9.17) is 27.9 Å². The van der Waals surface area contributed by atoms with Crippen molar-refractivity contribution in [2.45, 2.75) is 18.9 Å². The lowest BCUT2D eigenvalue weighted by Gasteiger charge is -2.23. The maximum atomic E-state index is 13.3. The van der Waals surface area contributed by atoms with Crippen LogP contribution in [0.25, 0.3) is 10.2 Å². The molecule has 3 aromatic rings. The van der Waals surface area contributed by atoms with Gasteiger partial charge in [-0.1, -0.05) is 46.7 Å². The number of anilines is 1. The summed E-state index contributed by atoms with van der Waals surface area (Å²) in [5.74, 6) is -0.216. The summed E-state index contributed by atoms with van der Waals surface area (Å²) >= 11 is 13.8. The van der Waals surface area contributed by atoms with E-state index >= 15 is 0 Å². The summed E-state index contributed by atoms with van der Waals surface area (Å²) in [5, 5.41) is 1.49. The van der Waals surface area contributed by atoms with E-state index in [1.54, 1.807) is 23.1 Å². The van der Waals surface area contributed by atoms with Gasteiger partial charge in [0.1, 0.15) is 0 Å². The number of aromatic nitrogens is 1. The van der Waals surface area contributed by atoms with Gasteiger partial charge in [0.05, 0.1) is 33.5 Å². The second kappa shape index (κ2) is 7.53. The Morgan fingerprint density at radius 2 is 2.12 bits per heavy atom. The highest BCUT2D eigenvalue weighted by Crippen LogP contribution is 2.32. The van der Waals surface area contributed by atoms with Crippen molar-refractivity contribution in [1.29, 1.82) is 0 Å². The van der Waals surface area contributed by atoms with Crippen molar-refractivity contribution >= 4 is 55.8 Å². The van der Waals surface area contributed by atoms with Crippen molar-refractivity contribution in [2.24, 2.45) is 0 Å². The van der Waals surface area contributed by atoms with Crippen LogP contribution in [0.1, 0.15) is 23.2 Å². The number of hydrogen-bond donors (Lipinski definition) is 0. The van der Waals surface area contributed by atoms with Crippen LogP contribution in [0.5, 0.6) is 0 Å². The first kappa shape index (κ1) is 17.7. The van der Waals surface area contributed by atoms with E-state index in [-0.39, 0.29) is 12.0 Å². The lowest BCUT2D eigenvalue weighted by molar-refractivity contribution is 0.0917. The molecular weight excluding hydrogens is 391 g/mol. The molecule has 4 nitrogen and oxygen atoms in total. The summed E-state index contributed by atoms with van der Waals surface area (Å²) in [6, 6.07) is 12.7. The third-order valence-corrected chi connectivity index (χ3v) is 5.95. The monoisotopic (exact) mass is 406 g/mol. The number of thiazole rings is 1. The minimum absolute atomic E-state index is 0.00363. The van der Waals surface area contributed by atoms with Gasteiger partial charge in [0.2, 0.25) is 0 Å². The van der Waals surface area contributed by atoms with Gasteiger partial charge in [0, 0.05) is 11.6 Å². The molecule has 1 aromatic heterocycles. The number of rotatable bonds is 4. The highest BCUT2D eigenvalue weighted by Gasteiger charge is 2.28. The predicted octanol–water partition coefficient (Wildman–Crippen LogP) is 5.43. The Morgan fingerprint density at radius 3 is 2.88 bits per heavy atom. The molecule has 1 unspecified atom stereocenters. The van der Waals surface area contributed by atoms with Gasteiger partial charge in [0.15, 0.2) is 5.13 Å². The highest BCUT2D eigenvalue weighted by molar-refractivity contribution is 7.22. The molecule has 0 N–H and O–H groups in total. The normalized spacial score (nSPS) is 16.9. The lowest BCUT2D eigenvalue weighted by atomic mass is 10.1. The molecule has 0 radical (unpaired) electrons. The summed E-state index contributed by atoms with van der Waals surface area (Å²) in [4.78, 5) is 19.6. The zero-order chi connectivity index (χ0) is 18.1. The van der Waals surface area contributed by atoms with E-state index in [0.717, 1.165) is 29.7 Å². The summed E-state index contributed by atoms with van der Waals surface area (Å²) in [6.07, 6.45) is 1.94. The number of ether oxygens (including phenoxy) is 1. The van der Waals surface area contributed by atoms with Gasteiger partial charge in [-0.25, -0.2) is 4.98 Å². The molecule has 26 heavy (non-hydrogen) atoms. The van der Waals surface area contributed by atoms with Crippen LogP contribution in [0.2, 0.25) is 10.0 Å². The van der Waals surface area contributed by atoms with Crippen molar-refractivity contribution in [1.82, 2.24) is 4.98 Å². The Hall–Kier alpha value is -1.66. The maximum absolute atomic E-state index is 13.3. The van der Waals surface area contributed by atoms with Gasteiger partial charge < -0.3 is 4.74 Å². The highest BCUT2D eigenvalue weighted by atomic mass is 35.5. The topological polar surface area (TPSA) is 42.4 Å². The van der Waals surface area contributed by atoms with E-state index in [0.29, 0.717) is 27.3 Å². The van der Waals surface area contributed by atoms with Crippen LogP contribution in [0.3, 0.4) is 0 Å². The van der Waals surface area contributed by atoms with Gasteiger partial charge >= 0.3 is 0 Å². The van der Waals surface area contributed by atoms with Crippen LogP contribution in [-0.2, 0) is 4.74 Å². The quantitative estimate of drug-likeness (QED) is 0.579. The number of hydrogen-bond acceptors (Lipinski definition) is 4. The van der Waals surface area contributed by atoms with Crippen LogP contribution in [0, 0.1) is 0 Å². The summed E-state index contributed by atoms with van der Waals surface area (Å²) < 4.78 is 6.78. The molecule has 134 valence electrons. The molecule has 4 rings (SSSR count). The Kier molecular flexibility index (Phi) is 5.14. The van der Waals surface area contributed by atoms with Gasteiger partial charge in [-0.2, -0.15) is 0 Å². The number of halogens is 2. The first-order valence-corrected chi connectivity index (χ1v) is 9.93. The zero-order valence-electron chi connectivity index (χ0n) is 13.8. The first-order valence-electron chi connectivity index (χ1n) is 8.36. The molecule has 1 saturated heterocycles. The fourth-order valence-corrected chi connectivity index (χ4v) is 4.37. The van der Waals surface area contributed by atoms with E-state index < -0.39 is 0 Å². The minimum Gasteiger partial charge on any atom is -0.376 e. The Balaban J connectivity index is 1.74. The molecule has 0 spiro atoms. The van der Waals surface area contributed by atoms with Crippen molar-refractivity contribution in [2.75, 3.05) is 18.1 Å². The number of nitrogens with zero attached hydrogens (tertiary/aromatic N) is 2. The number of para-hydroxylation sites is 1. The molecule has 2 aromatic carbocycles. The van der Waals surface area contributed by atoms with E-state index in [1.165, 1.54) is 11.3 Å². The molecule has 1 atom stereocenters. The molecule has 2 heterocycles. The van der Waals surface area contributed by atoms with Gasteiger partial charge in [0.25, 0.3) is 5.91 Å². The third kappa shape index (κ3) is 3.58. The lowest BCUT2D eigenvalue weighted by Crippen LogP contribution is -2.37. The second-order valence-electron chi connectivity index (χ2n) is 6.14. The summed E-state index contributed by atoms with van der Waals surface area (Å²) in [5.41, 5.74) is 1.24. The van der Waals surface area contributed by atoms with Gasteiger partial charge in [-0.15, -0.1) is 0 Å². The van der Waals surface area contributed by atoms with Crippen LogP contribution < -0.4 is 4.90 Å². The second-order valence-corrected chi connectivity index (χ2v) is 7.99. The fourth-order valence-electron chi connectivity index (χ4n) is 3.02. The third-order valence-electron chi connectivity index (χ3n) is 4.33. The minimum atomic E-state index is -0.216. The van der Waals surface area contributed by atoms with Crippen molar-refractivity contribution < 1.29 is 9.53 Å². The Bertz CT molecular complexity index is 921. The molecule has 1 fully saturated rings. The van der Waals surface area contributed by atoms with Gasteiger partial charge in [-0.05, 0) is 43.2 Å². The Morgan fingerprint density at radius 1 is 1.27 bits per heavy atom. The number of carbonyl (C=O) groups excluding carboxylic acids is 1. The molecule has 1 aliphatic heterocycles. The molecular formula is C19H16Cl2N2O2S. The van der Waals surface area contributed by atoms with Gasteiger partial charge in [-0.3, -0.25) is 9.69 Å². The standard InChI is InChI=1S/C19H16Cl2N2O2S/c20-12-7-8-15(21)14(10-12)18(24)23(11-13-4-3-9-25-13)19-22-16-5-1-2-6-17(16)26-19/h1-2,5-8,10,13H,3-4,9,11H2. The number of carbonyl (C=O) groups is 1. The Labute approximate surface area is 165 Å². The smallest absolute Gasteiger partial charge is 0.261 e. The molecule has 0 saturated carbocycles. The van der Waals surface area contributed by atoms with Crippen LogP contribution in [-0.4, -0.2) is 30.1 Å². The zero-order valence-corrected chi connectivity index (χ0v) is 16.2. The largest absolute Gasteiger partial charge is 0.376 e. The van der Waals surface area contributed by atoms with E-state index in [1.807, 2.05) is 24.3 Å². The van der Waals surface area contributed by atoms with Crippen molar-refractivity contribution in [3.05, 3.63) is 58.1 Å². The molecule has 1 amide bonds. The summed E-state index contributed by atoms with van der Waals surface area (Å²) in [7, 11) is 0. The van der Waals surface area contributed by atoms with E-state index in [9.17, 15) is 4.79 Å². The van der Waals surface area contributed by atoms with Crippen molar-refractivity contribution in [3.8, 4) is 0 Å². The maximum Gasteiger partial charge on any atom is 0.261 e. The van der Waals surface area contributed by atoms with Crippen LogP contribution in [0.15, 0.2) is 42.5 Å².